The van der Waals surface area contributed by atoms with E-state index in [1.807, 2.05) is 0 Å². The molecule has 2 rings (SSSR count). The van der Waals surface area contributed by atoms with Gasteiger partial charge in [0.1, 0.15) is 5.75 Å². The summed E-state index contributed by atoms with van der Waals surface area (Å²) < 4.78 is 5.25. The van der Waals surface area contributed by atoms with Crippen molar-refractivity contribution in [1.29, 1.82) is 0 Å². The lowest BCUT2D eigenvalue weighted by molar-refractivity contribution is 0.129. The average molecular weight is 313 g/mol. The van der Waals surface area contributed by atoms with Gasteiger partial charge in [-0.1, -0.05) is 11.6 Å². The minimum atomic E-state index is -0.379. The minimum Gasteiger partial charge on any atom is -0.496 e. The number of nitrogens with one attached hydrogen (secondary N) is 1. The van der Waals surface area contributed by atoms with E-state index in [9.17, 15) is 9.90 Å². The van der Waals surface area contributed by atoms with Crippen molar-refractivity contribution in [3.8, 4) is 5.75 Å². The van der Waals surface area contributed by atoms with Crippen LogP contribution in [0.5, 0.6) is 5.75 Å². The second kappa shape index (κ2) is 7.00. The molecule has 1 aromatic carbocycles. The van der Waals surface area contributed by atoms with E-state index in [0.29, 0.717) is 30.4 Å². The second-order valence-electron chi connectivity index (χ2n) is 5.35. The molecule has 0 aromatic heterocycles. The lowest BCUT2D eigenvalue weighted by atomic mass is 10.0. The topological polar surface area (TPSA) is 61.8 Å². The number of nitrogens with zero attached hydrogens (tertiary/aromatic N) is 1. The summed E-state index contributed by atoms with van der Waals surface area (Å²) in [6, 6.07) is 5.19. The highest BCUT2D eigenvalue weighted by atomic mass is 35.5. The van der Waals surface area contributed by atoms with Crippen LogP contribution in [0.3, 0.4) is 0 Å². The highest BCUT2D eigenvalue weighted by molar-refractivity contribution is 6.30. The minimum absolute atomic E-state index is 0.125. The second-order valence-corrected chi connectivity index (χ2v) is 5.79. The molecule has 1 aromatic rings. The van der Waals surface area contributed by atoms with Crippen LogP contribution in [0.15, 0.2) is 18.2 Å². The van der Waals surface area contributed by atoms with Gasteiger partial charge in [-0.25, -0.2) is 4.79 Å². The predicted molar refractivity (Wildman–Crippen MR) is 81.6 cm³/mol. The molecule has 1 saturated heterocycles. The normalized spacial score (nSPS) is 19.4. The number of likely N-dealkylation sites (tertiary alicyclic amines) is 1. The van der Waals surface area contributed by atoms with Gasteiger partial charge >= 0.3 is 6.03 Å². The van der Waals surface area contributed by atoms with Gasteiger partial charge in [0.25, 0.3) is 0 Å². The Hall–Kier alpha value is -1.46. The van der Waals surface area contributed by atoms with Crippen LogP contribution < -0.4 is 10.1 Å². The van der Waals surface area contributed by atoms with Crippen LogP contribution in [0.1, 0.15) is 18.9 Å². The number of methoxy groups -OCH3 is 1. The van der Waals surface area contributed by atoms with Crippen molar-refractivity contribution < 1.29 is 14.6 Å². The quantitative estimate of drug-likeness (QED) is 0.896. The maximum absolute atomic E-state index is 12.1. The first-order chi connectivity index (χ1) is 10.0. The molecule has 1 heterocycles. The summed E-state index contributed by atoms with van der Waals surface area (Å²) in [6.07, 6.45) is 0.460. The predicted octanol–water partition coefficient (Wildman–Crippen LogP) is 2.26. The molecular formula is C15H21ClN2O3. The van der Waals surface area contributed by atoms with Crippen molar-refractivity contribution >= 4 is 17.6 Å². The number of benzene rings is 1. The fraction of sp³-hybridized carbons (Fsp3) is 0.533. The molecule has 0 aliphatic carbocycles. The van der Waals surface area contributed by atoms with Crippen LogP contribution in [-0.2, 0) is 6.54 Å². The zero-order chi connectivity index (χ0) is 15.4. The number of rotatable bonds is 4. The summed E-state index contributed by atoms with van der Waals surface area (Å²) in [7, 11) is 1.59. The largest absolute Gasteiger partial charge is 0.496 e. The van der Waals surface area contributed by atoms with Crippen molar-refractivity contribution in [1.82, 2.24) is 10.2 Å². The molecule has 0 spiro atoms. The molecule has 0 radical (unpaired) electrons. The fourth-order valence-corrected chi connectivity index (χ4v) is 2.73. The summed E-state index contributed by atoms with van der Waals surface area (Å²) in [5.41, 5.74) is 0.838. The third-order valence-electron chi connectivity index (χ3n) is 3.87. The van der Waals surface area contributed by atoms with Crippen molar-refractivity contribution in [3.63, 3.8) is 0 Å². The number of ether oxygens (including phenoxy) is 1. The van der Waals surface area contributed by atoms with E-state index >= 15 is 0 Å². The molecular weight excluding hydrogens is 292 g/mol. The molecule has 0 bridgehead atoms. The molecule has 1 aliphatic heterocycles. The smallest absolute Gasteiger partial charge is 0.317 e. The molecule has 1 fully saturated rings. The summed E-state index contributed by atoms with van der Waals surface area (Å²) >= 11 is 5.96. The first kappa shape index (κ1) is 15.9. The van der Waals surface area contributed by atoms with Crippen molar-refractivity contribution in [2.75, 3.05) is 20.2 Å². The average Bonchev–Trinajstić information content (AvgIpc) is 2.95. The van der Waals surface area contributed by atoms with Crippen molar-refractivity contribution in [3.05, 3.63) is 28.8 Å². The Balaban J connectivity index is 1.91. The summed E-state index contributed by atoms with van der Waals surface area (Å²) in [5.74, 6) is 0.861. The lowest BCUT2D eigenvalue weighted by Crippen LogP contribution is -2.38. The standard InChI is InChI=1S/C15H21ClN2O3/c1-10(19)11-5-6-18(9-11)15(20)17-8-12-7-13(16)3-4-14(12)21-2/h3-4,7,10-11,19H,5-6,8-9H2,1-2H3,(H,17,20)/t10-,11+/m1/s1. The molecule has 2 N–H and O–H groups in total. The number of carbonyl (C=O) groups excluding carboxylic acids is 1. The van der Waals surface area contributed by atoms with Crippen molar-refractivity contribution in [2.24, 2.45) is 5.92 Å². The Labute approximate surface area is 129 Å². The van der Waals surface area contributed by atoms with Gasteiger partial charge in [-0.05, 0) is 31.5 Å². The Kier molecular flexibility index (Phi) is 5.31. The molecule has 116 valence electrons. The number of carbonyl (C=O) groups is 1. The van der Waals surface area contributed by atoms with Gasteiger partial charge in [0.05, 0.1) is 13.2 Å². The van der Waals surface area contributed by atoms with Gasteiger partial charge in [-0.2, -0.15) is 0 Å². The van der Waals surface area contributed by atoms with E-state index in [4.69, 9.17) is 16.3 Å². The van der Waals surface area contributed by atoms with Crippen LogP contribution in [0.4, 0.5) is 4.79 Å². The Bertz CT molecular complexity index is 508. The van der Waals surface area contributed by atoms with Crippen LogP contribution in [-0.4, -0.2) is 42.3 Å². The first-order valence-electron chi connectivity index (χ1n) is 7.04. The number of urea groups is 1. The van der Waals surface area contributed by atoms with Gasteiger partial charge in [0.2, 0.25) is 0 Å². The van der Waals surface area contributed by atoms with Crippen LogP contribution in [0.2, 0.25) is 5.02 Å². The number of hydrogen-bond donors (Lipinski definition) is 2. The number of amides is 2. The zero-order valence-electron chi connectivity index (χ0n) is 12.3. The molecule has 1 aliphatic rings. The number of halogens is 1. The molecule has 0 saturated carbocycles. The Morgan fingerprint density at radius 3 is 3.00 bits per heavy atom. The van der Waals surface area contributed by atoms with E-state index in [1.165, 1.54) is 0 Å². The molecule has 6 heteroatoms. The highest BCUT2D eigenvalue weighted by Gasteiger charge is 2.28. The van der Waals surface area contributed by atoms with Gasteiger partial charge < -0.3 is 20.1 Å². The van der Waals surface area contributed by atoms with Crippen LogP contribution >= 0.6 is 11.6 Å². The van der Waals surface area contributed by atoms with Crippen LogP contribution in [0.25, 0.3) is 0 Å². The third kappa shape index (κ3) is 4.02. The lowest BCUT2D eigenvalue weighted by Gasteiger charge is -2.19. The number of hydrogen-bond acceptors (Lipinski definition) is 3. The Morgan fingerprint density at radius 2 is 2.38 bits per heavy atom. The molecule has 21 heavy (non-hydrogen) atoms. The van der Waals surface area contributed by atoms with Crippen LogP contribution in [0, 0.1) is 5.92 Å². The summed E-state index contributed by atoms with van der Waals surface area (Å²) in [5, 5.41) is 13.0. The summed E-state index contributed by atoms with van der Waals surface area (Å²) in [6.45, 7) is 3.39. The molecule has 0 unspecified atom stereocenters. The molecule has 2 amide bonds. The fourth-order valence-electron chi connectivity index (χ4n) is 2.53. The summed E-state index contributed by atoms with van der Waals surface area (Å²) in [4.78, 5) is 13.9. The first-order valence-corrected chi connectivity index (χ1v) is 7.42. The number of aliphatic hydroxyl groups is 1. The third-order valence-corrected chi connectivity index (χ3v) is 4.10. The van der Waals surface area contributed by atoms with Gasteiger partial charge in [-0.15, -0.1) is 0 Å². The molecule has 2 atom stereocenters. The zero-order valence-corrected chi connectivity index (χ0v) is 13.1. The van der Waals surface area contributed by atoms with Gasteiger partial charge in [0.15, 0.2) is 0 Å². The maximum Gasteiger partial charge on any atom is 0.317 e. The van der Waals surface area contributed by atoms with Crippen molar-refractivity contribution in [2.45, 2.75) is 26.0 Å². The van der Waals surface area contributed by atoms with E-state index in [0.717, 1.165) is 12.0 Å². The highest BCUT2D eigenvalue weighted by Crippen LogP contribution is 2.23. The van der Waals surface area contributed by atoms with Gasteiger partial charge in [-0.3, -0.25) is 0 Å². The maximum atomic E-state index is 12.1. The van der Waals surface area contributed by atoms with E-state index in [1.54, 1.807) is 37.1 Å². The Morgan fingerprint density at radius 1 is 1.62 bits per heavy atom. The van der Waals surface area contributed by atoms with E-state index in [-0.39, 0.29) is 18.1 Å². The van der Waals surface area contributed by atoms with Gasteiger partial charge in [0, 0.05) is 36.1 Å². The molecule has 5 nitrogen and oxygen atoms in total. The van der Waals surface area contributed by atoms with E-state index < -0.39 is 0 Å². The number of aliphatic hydroxyl groups excluding tert-OH is 1. The van der Waals surface area contributed by atoms with E-state index in [2.05, 4.69) is 5.32 Å². The SMILES string of the molecule is COc1ccc(Cl)cc1CNC(=O)N1CC[C@H]([C@@H](C)O)C1. The monoisotopic (exact) mass is 312 g/mol.